The second-order valence-electron chi connectivity index (χ2n) is 4.80. The molecule has 0 amide bonds. The number of ether oxygens (including phenoxy) is 1. The van der Waals surface area contributed by atoms with Gasteiger partial charge in [0.15, 0.2) is 0 Å². The zero-order valence-corrected chi connectivity index (χ0v) is 10.4. The Hall–Kier alpha value is -1.02. The van der Waals surface area contributed by atoms with Gasteiger partial charge in [0.05, 0.1) is 0 Å². The molecule has 0 bridgehead atoms. The molecule has 0 fully saturated rings. The fraction of sp³-hybridized carbons (Fsp3) is 0.571. The van der Waals surface area contributed by atoms with Crippen molar-refractivity contribution in [2.45, 2.75) is 39.3 Å². The van der Waals surface area contributed by atoms with Crippen molar-refractivity contribution in [2.75, 3.05) is 6.54 Å². The first-order valence-electron chi connectivity index (χ1n) is 6.20. The average molecular weight is 219 g/mol. The van der Waals surface area contributed by atoms with E-state index in [2.05, 4.69) is 44.3 Å². The highest BCUT2D eigenvalue weighted by Gasteiger charge is 2.31. The summed E-state index contributed by atoms with van der Waals surface area (Å²) in [4.78, 5) is 0. The summed E-state index contributed by atoms with van der Waals surface area (Å²) >= 11 is 0. The number of likely N-dealkylation sites (N-methyl/N-ethyl adjacent to an activating group) is 1. The van der Waals surface area contributed by atoms with Crippen molar-refractivity contribution >= 4 is 0 Å². The molecule has 1 aromatic carbocycles. The van der Waals surface area contributed by atoms with Gasteiger partial charge in [0, 0.05) is 12.5 Å². The summed E-state index contributed by atoms with van der Waals surface area (Å²) in [5, 5.41) is 3.53. The van der Waals surface area contributed by atoms with Crippen molar-refractivity contribution in [3.8, 4) is 5.75 Å². The maximum Gasteiger partial charge on any atom is 0.123 e. The van der Waals surface area contributed by atoms with Gasteiger partial charge in [-0.15, -0.1) is 0 Å². The van der Waals surface area contributed by atoms with Crippen LogP contribution in [0.25, 0.3) is 0 Å². The molecule has 0 saturated heterocycles. The van der Waals surface area contributed by atoms with Crippen LogP contribution in [0, 0.1) is 5.92 Å². The minimum absolute atomic E-state index is 0.289. The number of rotatable bonds is 4. The van der Waals surface area contributed by atoms with Crippen LogP contribution in [0.1, 0.15) is 26.3 Å². The Morgan fingerprint density at radius 1 is 1.38 bits per heavy atom. The summed E-state index contributed by atoms with van der Waals surface area (Å²) in [6.07, 6.45) is 1.32. The Balaban J connectivity index is 2.09. The van der Waals surface area contributed by atoms with Crippen molar-refractivity contribution in [3.63, 3.8) is 0 Å². The predicted molar refractivity (Wildman–Crippen MR) is 66.9 cm³/mol. The zero-order valence-electron chi connectivity index (χ0n) is 10.4. The number of hydrogen-bond donors (Lipinski definition) is 1. The molecule has 1 N–H and O–H groups in total. The van der Waals surface area contributed by atoms with E-state index in [1.165, 1.54) is 5.56 Å². The molecule has 1 aromatic rings. The molecular formula is C14H21NO. The summed E-state index contributed by atoms with van der Waals surface area (Å²) in [5.74, 6) is 1.66. The largest absolute Gasteiger partial charge is 0.488 e. The van der Waals surface area contributed by atoms with E-state index in [-0.39, 0.29) is 6.10 Å². The zero-order chi connectivity index (χ0) is 11.5. The first-order chi connectivity index (χ1) is 7.72. The molecule has 1 aliphatic rings. The van der Waals surface area contributed by atoms with E-state index in [0.717, 1.165) is 18.7 Å². The molecule has 0 radical (unpaired) electrons. The van der Waals surface area contributed by atoms with Crippen LogP contribution in [-0.2, 0) is 6.42 Å². The topological polar surface area (TPSA) is 21.3 Å². The number of nitrogens with one attached hydrogen (secondary N) is 1. The highest BCUT2D eigenvalue weighted by atomic mass is 16.5. The van der Waals surface area contributed by atoms with E-state index in [1.807, 2.05) is 6.07 Å². The Bertz CT molecular complexity index is 323. The van der Waals surface area contributed by atoms with Crippen molar-refractivity contribution in [2.24, 2.45) is 5.92 Å². The lowest BCUT2D eigenvalue weighted by Gasteiger charge is -2.27. The van der Waals surface area contributed by atoms with Gasteiger partial charge in [-0.3, -0.25) is 0 Å². The molecule has 0 aliphatic carbocycles. The molecular weight excluding hydrogens is 198 g/mol. The maximum absolute atomic E-state index is 6.02. The van der Waals surface area contributed by atoms with Crippen molar-refractivity contribution in [3.05, 3.63) is 29.8 Å². The third kappa shape index (κ3) is 2.22. The van der Waals surface area contributed by atoms with Crippen LogP contribution < -0.4 is 10.1 Å². The van der Waals surface area contributed by atoms with E-state index in [0.29, 0.717) is 12.0 Å². The summed E-state index contributed by atoms with van der Waals surface area (Å²) < 4.78 is 6.02. The van der Waals surface area contributed by atoms with Gasteiger partial charge in [-0.05, 0) is 24.1 Å². The van der Waals surface area contributed by atoms with Gasteiger partial charge < -0.3 is 10.1 Å². The van der Waals surface area contributed by atoms with E-state index >= 15 is 0 Å². The molecule has 1 aliphatic heterocycles. The minimum Gasteiger partial charge on any atom is -0.488 e. The lowest BCUT2D eigenvalue weighted by molar-refractivity contribution is 0.151. The lowest BCUT2D eigenvalue weighted by Crippen LogP contribution is -2.45. The number of fused-ring (bicyclic) bond motifs is 1. The number of para-hydroxylation sites is 1. The molecule has 2 rings (SSSR count). The summed E-state index contributed by atoms with van der Waals surface area (Å²) in [5.41, 5.74) is 1.34. The van der Waals surface area contributed by atoms with Crippen LogP contribution in [-0.4, -0.2) is 18.7 Å². The van der Waals surface area contributed by atoms with Crippen molar-refractivity contribution < 1.29 is 4.74 Å². The molecule has 88 valence electrons. The van der Waals surface area contributed by atoms with Gasteiger partial charge in [0.2, 0.25) is 0 Å². The van der Waals surface area contributed by atoms with Crippen LogP contribution in [0.5, 0.6) is 5.75 Å². The van der Waals surface area contributed by atoms with Crippen LogP contribution in [0.3, 0.4) is 0 Å². The molecule has 0 aromatic heterocycles. The number of hydrogen-bond acceptors (Lipinski definition) is 2. The fourth-order valence-corrected chi connectivity index (χ4v) is 2.44. The standard InChI is InChI=1S/C14H21NO/c1-4-15-14(10(2)3)13-9-11-7-5-6-8-12(11)16-13/h5-8,10,13-15H,4,9H2,1-3H3. The molecule has 2 atom stereocenters. The molecule has 1 heterocycles. The first kappa shape index (κ1) is 11.5. The molecule has 0 spiro atoms. The molecule has 2 unspecified atom stereocenters. The minimum atomic E-state index is 0.289. The van der Waals surface area contributed by atoms with E-state index in [9.17, 15) is 0 Å². The maximum atomic E-state index is 6.02. The Labute approximate surface area is 98.0 Å². The highest BCUT2D eigenvalue weighted by molar-refractivity contribution is 5.37. The summed E-state index contributed by atoms with van der Waals surface area (Å²) in [6, 6.07) is 8.80. The van der Waals surface area contributed by atoms with Crippen LogP contribution in [0.2, 0.25) is 0 Å². The SMILES string of the molecule is CCNC(C(C)C)C1Cc2ccccc2O1. The highest BCUT2D eigenvalue weighted by Crippen LogP contribution is 2.30. The Morgan fingerprint density at radius 2 is 2.12 bits per heavy atom. The Kier molecular flexibility index (Phi) is 3.49. The van der Waals surface area contributed by atoms with Gasteiger partial charge >= 0.3 is 0 Å². The Morgan fingerprint density at radius 3 is 2.75 bits per heavy atom. The normalized spacial score (nSPS) is 20.6. The van der Waals surface area contributed by atoms with Crippen molar-refractivity contribution in [1.82, 2.24) is 5.32 Å². The lowest BCUT2D eigenvalue weighted by atomic mass is 9.95. The van der Waals surface area contributed by atoms with E-state index < -0.39 is 0 Å². The van der Waals surface area contributed by atoms with E-state index in [1.54, 1.807) is 0 Å². The quantitative estimate of drug-likeness (QED) is 0.840. The first-order valence-corrected chi connectivity index (χ1v) is 6.20. The predicted octanol–water partition coefficient (Wildman–Crippen LogP) is 2.62. The monoisotopic (exact) mass is 219 g/mol. The fourth-order valence-electron chi connectivity index (χ4n) is 2.44. The van der Waals surface area contributed by atoms with Crippen LogP contribution >= 0.6 is 0 Å². The third-order valence-corrected chi connectivity index (χ3v) is 3.23. The van der Waals surface area contributed by atoms with Crippen molar-refractivity contribution in [1.29, 1.82) is 0 Å². The van der Waals surface area contributed by atoms with Gasteiger partial charge in [-0.1, -0.05) is 39.0 Å². The number of benzene rings is 1. The van der Waals surface area contributed by atoms with E-state index in [4.69, 9.17) is 4.74 Å². The average Bonchev–Trinajstić information content (AvgIpc) is 2.68. The summed E-state index contributed by atoms with van der Waals surface area (Å²) in [6.45, 7) is 7.65. The van der Waals surface area contributed by atoms with Crippen LogP contribution in [0.15, 0.2) is 24.3 Å². The third-order valence-electron chi connectivity index (χ3n) is 3.23. The molecule has 2 nitrogen and oxygen atoms in total. The second-order valence-corrected chi connectivity index (χ2v) is 4.80. The molecule has 2 heteroatoms. The molecule has 16 heavy (non-hydrogen) atoms. The summed E-state index contributed by atoms with van der Waals surface area (Å²) in [7, 11) is 0. The second kappa shape index (κ2) is 4.88. The van der Waals surface area contributed by atoms with Crippen LogP contribution in [0.4, 0.5) is 0 Å². The van der Waals surface area contributed by atoms with Gasteiger partial charge in [-0.2, -0.15) is 0 Å². The van der Waals surface area contributed by atoms with Gasteiger partial charge in [0.1, 0.15) is 11.9 Å². The van der Waals surface area contributed by atoms with Gasteiger partial charge in [0.25, 0.3) is 0 Å². The van der Waals surface area contributed by atoms with Gasteiger partial charge in [-0.25, -0.2) is 0 Å². The molecule has 0 saturated carbocycles. The smallest absolute Gasteiger partial charge is 0.123 e.